The van der Waals surface area contributed by atoms with Crippen molar-refractivity contribution in [3.8, 4) is 0 Å². The molecule has 0 aliphatic heterocycles. The van der Waals surface area contributed by atoms with Gasteiger partial charge in [0, 0.05) is 0 Å². The Bertz CT molecular complexity index is 941. The molecule has 2 aromatic carbocycles. The first-order valence-corrected chi connectivity index (χ1v) is 11.5. The zero-order valence-corrected chi connectivity index (χ0v) is 17.0. The Balaban J connectivity index is 1.94. The van der Waals surface area contributed by atoms with E-state index in [1.807, 2.05) is 12.1 Å². The van der Waals surface area contributed by atoms with Crippen LogP contribution in [-0.2, 0) is 33.1 Å². The molecule has 0 heterocycles. The maximum absolute atomic E-state index is 11.4. The molecule has 0 amide bonds. The number of unbranched alkanes of at least 4 members (excludes halogenated alkanes) is 2. The molecule has 0 saturated heterocycles. The molecular weight excluding hydrogens is 388 g/mol. The smallest absolute Gasteiger partial charge is 0.282 e. The van der Waals surface area contributed by atoms with Gasteiger partial charge in [0.25, 0.3) is 20.2 Å². The molecule has 0 aliphatic rings. The van der Waals surface area contributed by atoms with Gasteiger partial charge in [-0.05, 0) is 73.9 Å². The summed E-state index contributed by atoms with van der Waals surface area (Å²) in [5.41, 5.74) is 2.90. The summed E-state index contributed by atoms with van der Waals surface area (Å²) in [5.74, 6) is 0. The second-order valence-corrected chi connectivity index (χ2v) is 9.37. The fourth-order valence-electron chi connectivity index (χ4n) is 3.23. The molecule has 0 aromatic heterocycles. The molecule has 2 aromatic rings. The summed E-state index contributed by atoms with van der Waals surface area (Å²) in [6.07, 6.45) is 3.95. The average molecular weight is 413 g/mol. The molecule has 0 atom stereocenters. The van der Waals surface area contributed by atoms with Crippen LogP contribution in [-0.4, -0.2) is 25.9 Å². The molecule has 8 heteroatoms. The van der Waals surface area contributed by atoms with Crippen molar-refractivity contribution in [1.82, 2.24) is 0 Å². The summed E-state index contributed by atoms with van der Waals surface area (Å²) in [4.78, 5) is -0.115. The summed E-state index contributed by atoms with van der Waals surface area (Å²) in [6.45, 7) is 3.37. The van der Waals surface area contributed by atoms with E-state index in [0.717, 1.165) is 30.4 Å². The molecule has 2 N–H and O–H groups in total. The topological polar surface area (TPSA) is 109 Å². The van der Waals surface area contributed by atoms with Crippen LogP contribution in [0, 0.1) is 13.8 Å². The predicted octanol–water partition coefficient (Wildman–Crippen LogP) is 3.75. The minimum absolute atomic E-state index is 0.0577. The SMILES string of the molecule is Cc1c(CCCCCc2cccc(S(=O)(=O)O)c2C)cccc1S(=O)(=O)O. The Morgan fingerprint density at radius 1 is 0.667 bits per heavy atom. The maximum atomic E-state index is 11.4. The first kappa shape index (κ1) is 21.6. The van der Waals surface area contributed by atoms with Crippen LogP contribution in [0.5, 0.6) is 0 Å². The molecule has 148 valence electrons. The first-order valence-electron chi connectivity index (χ1n) is 8.64. The number of benzene rings is 2. The zero-order valence-electron chi connectivity index (χ0n) is 15.3. The monoisotopic (exact) mass is 412 g/mol. The van der Waals surface area contributed by atoms with Gasteiger partial charge in [-0.1, -0.05) is 30.7 Å². The van der Waals surface area contributed by atoms with E-state index < -0.39 is 20.2 Å². The van der Waals surface area contributed by atoms with Crippen molar-refractivity contribution in [2.45, 2.75) is 55.7 Å². The standard InChI is InChI=1S/C19H24O6S2/c1-14-16(10-6-12-18(14)26(20,21)22)8-4-3-5-9-17-11-7-13-19(15(17)2)27(23,24)25/h6-7,10-13H,3-5,8-9H2,1-2H3,(H,20,21,22)(H,23,24,25). The first-order chi connectivity index (χ1) is 12.5. The summed E-state index contributed by atoms with van der Waals surface area (Å²) < 4.78 is 64.0. The van der Waals surface area contributed by atoms with Gasteiger partial charge < -0.3 is 0 Å². The second kappa shape index (κ2) is 8.52. The van der Waals surface area contributed by atoms with Crippen molar-refractivity contribution < 1.29 is 25.9 Å². The van der Waals surface area contributed by atoms with Crippen LogP contribution < -0.4 is 0 Å². The van der Waals surface area contributed by atoms with Crippen molar-refractivity contribution in [3.05, 3.63) is 58.7 Å². The van der Waals surface area contributed by atoms with E-state index in [-0.39, 0.29) is 9.79 Å². The van der Waals surface area contributed by atoms with Crippen molar-refractivity contribution in [2.75, 3.05) is 0 Å². The Kier molecular flexibility index (Phi) is 6.80. The van der Waals surface area contributed by atoms with E-state index in [1.165, 1.54) is 12.1 Å². The Labute approximate surface area is 160 Å². The molecule has 0 saturated carbocycles. The average Bonchev–Trinajstić information content (AvgIpc) is 2.55. The van der Waals surface area contributed by atoms with E-state index >= 15 is 0 Å². The molecule has 0 radical (unpaired) electrons. The summed E-state index contributed by atoms with van der Waals surface area (Å²) >= 11 is 0. The van der Waals surface area contributed by atoms with E-state index in [9.17, 15) is 25.9 Å². The lowest BCUT2D eigenvalue weighted by Crippen LogP contribution is -2.04. The summed E-state index contributed by atoms with van der Waals surface area (Å²) in [6, 6.07) is 9.72. The molecule has 0 aliphatic carbocycles. The lowest BCUT2D eigenvalue weighted by molar-refractivity contribution is 0.480. The predicted molar refractivity (Wildman–Crippen MR) is 103 cm³/mol. The lowest BCUT2D eigenvalue weighted by atomic mass is 9.99. The fourth-order valence-corrected chi connectivity index (χ4v) is 4.77. The highest BCUT2D eigenvalue weighted by molar-refractivity contribution is 7.86. The number of hydrogen-bond acceptors (Lipinski definition) is 4. The van der Waals surface area contributed by atoms with Gasteiger partial charge in [0.1, 0.15) is 0 Å². The minimum atomic E-state index is -4.22. The van der Waals surface area contributed by atoms with Crippen LogP contribution in [0.2, 0.25) is 0 Å². The van der Waals surface area contributed by atoms with Crippen molar-refractivity contribution in [2.24, 2.45) is 0 Å². The van der Waals surface area contributed by atoms with Gasteiger partial charge in [0.15, 0.2) is 0 Å². The molecule has 6 nitrogen and oxygen atoms in total. The van der Waals surface area contributed by atoms with Gasteiger partial charge in [-0.15, -0.1) is 0 Å². The molecule has 0 fully saturated rings. The Hall–Kier alpha value is -1.74. The van der Waals surface area contributed by atoms with Crippen molar-refractivity contribution in [1.29, 1.82) is 0 Å². The normalized spacial score (nSPS) is 12.3. The van der Waals surface area contributed by atoms with Crippen LogP contribution in [0.1, 0.15) is 41.5 Å². The molecule has 2 rings (SSSR count). The number of aryl methyl sites for hydroxylation is 2. The van der Waals surface area contributed by atoms with E-state index in [1.54, 1.807) is 26.0 Å². The van der Waals surface area contributed by atoms with Crippen LogP contribution in [0.3, 0.4) is 0 Å². The highest BCUT2D eigenvalue weighted by Gasteiger charge is 2.16. The third-order valence-electron chi connectivity index (χ3n) is 4.74. The van der Waals surface area contributed by atoms with E-state index in [4.69, 9.17) is 0 Å². The van der Waals surface area contributed by atoms with Crippen molar-refractivity contribution in [3.63, 3.8) is 0 Å². The van der Waals surface area contributed by atoms with Gasteiger partial charge in [0.05, 0.1) is 9.79 Å². The summed E-state index contributed by atoms with van der Waals surface area (Å²) in [5, 5.41) is 0. The van der Waals surface area contributed by atoms with Gasteiger partial charge in [0.2, 0.25) is 0 Å². The number of rotatable bonds is 8. The zero-order chi connectivity index (χ0) is 20.2. The highest BCUT2D eigenvalue weighted by Crippen LogP contribution is 2.22. The van der Waals surface area contributed by atoms with Crippen LogP contribution in [0.25, 0.3) is 0 Å². The van der Waals surface area contributed by atoms with Crippen LogP contribution >= 0.6 is 0 Å². The third kappa shape index (κ3) is 5.62. The Morgan fingerprint density at radius 3 is 1.37 bits per heavy atom. The molecule has 27 heavy (non-hydrogen) atoms. The van der Waals surface area contributed by atoms with Crippen LogP contribution in [0.15, 0.2) is 46.2 Å². The van der Waals surface area contributed by atoms with Crippen molar-refractivity contribution >= 4 is 20.2 Å². The Morgan fingerprint density at radius 2 is 1.04 bits per heavy atom. The molecule has 0 unspecified atom stereocenters. The molecule has 0 bridgehead atoms. The molecule has 0 spiro atoms. The third-order valence-corrected chi connectivity index (χ3v) is 6.74. The fraction of sp³-hybridized carbons (Fsp3) is 0.368. The van der Waals surface area contributed by atoms with Gasteiger partial charge in [-0.3, -0.25) is 9.11 Å². The quantitative estimate of drug-likeness (QED) is 0.505. The summed E-state index contributed by atoms with van der Waals surface area (Å²) in [7, 11) is -8.44. The lowest BCUT2D eigenvalue weighted by Gasteiger charge is -2.11. The van der Waals surface area contributed by atoms with Gasteiger partial charge in [-0.2, -0.15) is 16.8 Å². The van der Waals surface area contributed by atoms with Gasteiger partial charge in [-0.25, -0.2) is 0 Å². The molecular formula is C19H24O6S2. The second-order valence-electron chi connectivity index (χ2n) is 6.59. The van der Waals surface area contributed by atoms with E-state index in [2.05, 4.69) is 0 Å². The maximum Gasteiger partial charge on any atom is 0.294 e. The highest BCUT2D eigenvalue weighted by atomic mass is 32.2. The van der Waals surface area contributed by atoms with Gasteiger partial charge >= 0.3 is 0 Å². The van der Waals surface area contributed by atoms with E-state index in [0.29, 0.717) is 24.0 Å². The number of hydrogen-bond donors (Lipinski definition) is 2. The minimum Gasteiger partial charge on any atom is -0.282 e. The van der Waals surface area contributed by atoms with Crippen LogP contribution in [0.4, 0.5) is 0 Å². The largest absolute Gasteiger partial charge is 0.294 e.